The standard InChI is InChI=1S/C30H27ClFN7O3S/c1-14-6-5-7-15(21(14)32)12-39-19-10-16(31)8-9-18(19)22(38-39)25-35-23(33)20-24(36-25)37-26(40)30(20,4)27-34-17(13-43-27)11-29(2,3)28(41)42/h5-10,13H,11-12H2,1-4H3,(H,41,42)(H3,33,35,36,37,40)/t30-/m0/s1. The number of aromatic nitrogens is 5. The summed E-state index contributed by atoms with van der Waals surface area (Å²) in [6, 6.07) is 10.4. The summed E-state index contributed by atoms with van der Waals surface area (Å²) in [7, 11) is 0. The van der Waals surface area contributed by atoms with Gasteiger partial charge in [0.05, 0.1) is 28.7 Å². The van der Waals surface area contributed by atoms with Gasteiger partial charge in [0.25, 0.3) is 0 Å². The Kier molecular flexibility index (Phi) is 6.73. The molecule has 0 bridgehead atoms. The number of fused-ring (bicyclic) bond motifs is 2. The lowest BCUT2D eigenvalue weighted by Gasteiger charge is -2.20. The summed E-state index contributed by atoms with van der Waals surface area (Å²) in [6.45, 7) is 6.79. The minimum atomic E-state index is -1.29. The number of rotatable bonds is 7. The molecular formula is C30H27ClFN7O3S. The average molecular weight is 620 g/mol. The predicted octanol–water partition coefficient (Wildman–Crippen LogP) is 5.59. The molecule has 220 valence electrons. The van der Waals surface area contributed by atoms with Gasteiger partial charge in [0.15, 0.2) is 5.82 Å². The van der Waals surface area contributed by atoms with Crippen LogP contribution in [0.15, 0.2) is 41.8 Å². The van der Waals surface area contributed by atoms with E-state index < -0.39 is 16.8 Å². The Labute approximate surface area is 254 Å². The molecule has 0 fully saturated rings. The molecule has 43 heavy (non-hydrogen) atoms. The molecule has 0 saturated heterocycles. The highest BCUT2D eigenvalue weighted by Gasteiger charge is 2.50. The highest BCUT2D eigenvalue weighted by molar-refractivity contribution is 7.10. The Morgan fingerprint density at radius 1 is 1.23 bits per heavy atom. The van der Waals surface area contributed by atoms with Gasteiger partial charge in [0.2, 0.25) is 5.91 Å². The van der Waals surface area contributed by atoms with Crippen LogP contribution in [0.4, 0.5) is 16.0 Å². The van der Waals surface area contributed by atoms with Gasteiger partial charge in [-0.1, -0.05) is 29.8 Å². The van der Waals surface area contributed by atoms with Crippen molar-refractivity contribution in [2.45, 2.75) is 46.1 Å². The zero-order valence-electron chi connectivity index (χ0n) is 23.7. The Balaban J connectivity index is 1.42. The van der Waals surface area contributed by atoms with Crippen molar-refractivity contribution in [3.8, 4) is 11.5 Å². The number of carbonyl (C=O) groups is 2. The number of nitrogens with zero attached hydrogens (tertiary/aromatic N) is 5. The number of carboxylic acids is 1. The number of thiazole rings is 1. The van der Waals surface area contributed by atoms with Gasteiger partial charge in [-0.15, -0.1) is 11.3 Å². The van der Waals surface area contributed by atoms with E-state index in [0.717, 1.165) is 0 Å². The number of nitrogens with two attached hydrogens (primary N) is 1. The first-order valence-electron chi connectivity index (χ1n) is 13.4. The molecule has 0 saturated carbocycles. The van der Waals surface area contributed by atoms with Crippen molar-refractivity contribution in [1.29, 1.82) is 0 Å². The van der Waals surface area contributed by atoms with Crippen LogP contribution in [0.1, 0.15) is 48.2 Å². The number of aliphatic carboxylic acids is 1. The lowest BCUT2D eigenvalue weighted by Crippen LogP contribution is -2.33. The molecule has 1 aliphatic heterocycles. The van der Waals surface area contributed by atoms with Crippen molar-refractivity contribution in [3.05, 3.63) is 80.0 Å². The second-order valence-electron chi connectivity index (χ2n) is 11.5. The summed E-state index contributed by atoms with van der Waals surface area (Å²) in [5, 5.41) is 20.5. The maximum atomic E-state index is 14.9. The van der Waals surface area contributed by atoms with E-state index in [1.807, 2.05) is 0 Å². The minimum Gasteiger partial charge on any atom is -0.481 e. The molecule has 3 aromatic heterocycles. The molecule has 0 unspecified atom stereocenters. The molecule has 0 aliphatic carbocycles. The summed E-state index contributed by atoms with van der Waals surface area (Å²) in [5.74, 6) is -1.14. The number of hydrogen-bond acceptors (Lipinski definition) is 8. The van der Waals surface area contributed by atoms with E-state index in [9.17, 15) is 19.1 Å². The number of aryl methyl sites for hydroxylation is 1. The molecule has 0 radical (unpaired) electrons. The third-order valence-electron chi connectivity index (χ3n) is 7.82. The summed E-state index contributed by atoms with van der Waals surface area (Å²) >= 11 is 7.57. The summed E-state index contributed by atoms with van der Waals surface area (Å²) in [5.41, 5.74) is 7.18. The highest BCUT2D eigenvalue weighted by Crippen LogP contribution is 2.46. The molecule has 4 N–H and O–H groups in total. The number of carboxylic acid groups (broad SMARTS) is 1. The van der Waals surface area contributed by atoms with Crippen LogP contribution in [-0.2, 0) is 28.0 Å². The second kappa shape index (κ2) is 10.1. The molecule has 13 heteroatoms. The smallest absolute Gasteiger partial charge is 0.309 e. The first kappa shape index (κ1) is 28.7. The normalized spacial score (nSPS) is 16.5. The van der Waals surface area contributed by atoms with E-state index in [0.29, 0.717) is 49.0 Å². The Morgan fingerprint density at radius 3 is 2.74 bits per heavy atom. The number of halogens is 2. The van der Waals surface area contributed by atoms with E-state index in [-0.39, 0.29) is 42.2 Å². The third-order valence-corrected chi connectivity index (χ3v) is 9.17. The van der Waals surface area contributed by atoms with Crippen molar-refractivity contribution in [2.75, 3.05) is 11.1 Å². The van der Waals surface area contributed by atoms with Gasteiger partial charge in [0.1, 0.15) is 33.6 Å². The van der Waals surface area contributed by atoms with E-state index in [4.69, 9.17) is 22.4 Å². The van der Waals surface area contributed by atoms with Gasteiger partial charge < -0.3 is 16.2 Å². The van der Waals surface area contributed by atoms with Gasteiger partial charge in [-0.3, -0.25) is 14.3 Å². The van der Waals surface area contributed by atoms with Crippen molar-refractivity contribution in [2.24, 2.45) is 5.41 Å². The van der Waals surface area contributed by atoms with E-state index in [1.165, 1.54) is 11.3 Å². The highest BCUT2D eigenvalue weighted by atomic mass is 35.5. The van der Waals surface area contributed by atoms with E-state index in [1.54, 1.807) is 74.2 Å². The molecule has 0 spiro atoms. The molecular weight excluding hydrogens is 593 g/mol. The Morgan fingerprint density at radius 2 is 2.00 bits per heavy atom. The molecule has 5 aromatic rings. The van der Waals surface area contributed by atoms with Crippen LogP contribution in [0.25, 0.3) is 22.4 Å². The van der Waals surface area contributed by atoms with Crippen LogP contribution >= 0.6 is 22.9 Å². The Bertz CT molecular complexity index is 1970. The van der Waals surface area contributed by atoms with Crippen molar-refractivity contribution in [3.63, 3.8) is 0 Å². The lowest BCUT2D eigenvalue weighted by atomic mass is 9.85. The zero-order valence-corrected chi connectivity index (χ0v) is 25.3. The quantitative estimate of drug-likeness (QED) is 0.213. The third kappa shape index (κ3) is 4.70. The Hall–Kier alpha value is -4.42. The number of anilines is 2. The summed E-state index contributed by atoms with van der Waals surface area (Å²) in [6.07, 6.45) is 0.195. The second-order valence-corrected chi connectivity index (χ2v) is 12.8. The summed E-state index contributed by atoms with van der Waals surface area (Å²) < 4.78 is 16.5. The van der Waals surface area contributed by atoms with Crippen molar-refractivity contribution >= 4 is 57.4 Å². The molecule has 1 aliphatic rings. The van der Waals surface area contributed by atoms with Crippen molar-refractivity contribution in [1.82, 2.24) is 24.7 Å². The van der Waals surface area contributed by atoms with Crippen molar-refractivity contribution < 1.29 is 19.1 Å². The van der Waals surface area contributed by atoms with Crippen LogP contribution in [-0.4, -0.2) is 41.7 Å². The number of benzene rings is 2. The monoisotopic (exact) mass is 619 g/mol. The maximum Gasteiger partial charge on any atom is 0.309 e. The lowest BCUT2D eigenvalue weighted by molar-refractivity contribution is -0.146. The maximum absolute atomic E-state index is 14.9. The number of carbonyl (C=O) groups excluding carboxylic acids is 1. The predicted molar refractivity (Wildman–Crippen MR) is 163 cm³/mol. The first-order valence-corrected chi connectivity index (χ1v) is 14.6. The van der Waals surface area contributed by atoms with Crippen LogP contribution in [0.5, 0.6) is 0 Å². The number of nitrogen functional groups attached to an aromatic ring is 1. The number of hydrogen-bond donors (Lipinski definition) is 3. The topological polar surface area (TPSA) is 149 Å². The number of nitrogens with one attached hydrogen (secondary N) is 1. The molecule has 4 heterocycles. The largest absolute Gasteiger partial charge is 0.481 e. The molecule has 10 nitrogen and oxygen atoms in total. The fraction of sp³-hybridized carbons (Fsp3) is 0.267. The van der Waals surface area contributed by atoms with Gasteiger partial charge in [0, 0.05) is 27.8 Å². The zero-order chi connectivity index (χ0) is 30.8. The van der Waals surface area contributed by atoms with E-state index >= 15 is 0 Å². The van der Waals surface area contributed by atoms with Gasteiger partial charge in [-0.2, -0.15) is 5.10 Å². The van der Waals surface area contributed by atoms with Gasteiger partial charge in [-0.25, -0.2) is 19.3 Å². The molecule has 1 amide bonds. The van der Waals surface area contributed by atoms with Crippen LogP contribution in [0.2, 0.25) is 5.02 Å². The van der Waals surface area contributed by atoms with E-state index in [2.05, 4.69) is 20.3 Å². The SMILES string of the molecule is Cc1cccc(Cn2nc(-c3nc(N)c4c(n3)NC(=O)[C@@]4(C)c3nc(CC(C)(C)C(=O)O)cs3)c3ccc(Cl)cc32)c1F. The molecule has 2 aromatic carbocycles. The molecule has 1 atom stereocenters. The minimum absolute atomic E-state index is 0.0739. The van der Waals surface area contributed by atoms with Gasteiger partial charge >= 0.3 is 5.97 Å². The van der Waals surface area contributed by atoms with Crippen LogP contribution in [0, 0.1) is 18.2 Å². The fourth-order valence-electron chi connectivity index (χ4n) is 5.29. The summed E-state index contributed by atoms with van der Waals surface area (Å²) in [4.78, 5) is 38.9. The first-order chi connectivity index (χ1) is 20.3. The molecule has 6 rings (SSSR count). The van der Waals surface area contributed by atoms with Crippen LogP contribution < -0.4 is 11.1 Å². The fourth-order valence-corrected chi connectivity index (χ4v) is 6.44. The van der Waals surface area contributed by atoms with Gasteiger partial charge in [-0.05, 0) is 51.5 Å². The average Bonchev–Trinajstić information content (AvgIpc) is 3.61. The van der Waals surface area contributed by atoms with Crippen LogP contribution in [0.3, 0.4) is 0 Å². The number of amides is 1.